The highest BCUT2D eigenvalue weighted by Gasteiger charge is 2.23. The number of hydrogen-bond acceptors (Lipinski definition) is 6. The van der Waals surface area contributed by atoms with Crippen molar-refractivity contribution in [1.29, 1.82) is 0 Å². The average molecular weight is 399 g/mol. The van der Waals surface area contributed by atoms with Crippen LogP contribution in [0.1, 0.15) is 26.3 Å². The largest absolute Gasteiger partial charge is 0.492 e. The smallest absolute Gasteiger partial charge is 0.269 e. The van der Waals surface area contributed by atoms with Crippen LogP contribution in [0.25, 0.3) is 0 Å². The molecule has 0 radical (unpaired) electrons. The van der Waals surface area contributed by atoms with Crippen molar-refractivity contribution in [1.82, 2.24) is 5.32 Å². The van der Waals surface area contributed by atoms with Crippen molar-refractivity contribution in [3.63, 3.8) is 0 Å². The van der Waals surface area contributed by atoms with Crippen LogP contribution in [-0.2, 0) is 10.2 Å². The van der Waals surface area contributed by atoms with E-state index in [0.29, 0.717) is 26.4 Å². The Hall–Kier alpha value is -2.64. The highest BCUT2D eigenvalue weighted by Crippen LogP contribution is 2.24. The first-order chi connectivity index (χ1) is 13.8. The lowest BCUT2D eigenvalue weighted by molar-refractivity contribution is -0.384. The minimum absolute atomic E-state index is 0.00271. The van der Waals surface area contributed by atoms with Crippen molar-refractivity contribution >= 4 is 11.4 Å². The van der Waals surface area contributed by atoms with Crippen LogP contribution in [-0.4, -0.2) is 44.0 Å². The van der Waals surface area contributed by atoms with Gasteiger partial charge in [0.2, 0.25) is 0 Å². The molecule has 7 heteroatoms. The Morgan fingerprint density at radius 2 is 1.86 bits per heavy atom. The molecule has 1 aliphatic rings. The van der Waals surface area contributed by atoms with Gasteiger partial charge < -0.3 is 14.4 Å². The number of benzene rings is 2. The van der Waals surface area contributed by atoms with Crippen LogP contribution >= 0.6 is 0 Å². The van der Waals surface area contributed by atoms with Crippen LogP contribution in [0.4, 0.5) is 11.4 Å². The van der Waals surface area contributed by atoms with Gasteiger partial charge in [-0.1, -0.05) is 32.9 Å². The fraction of sp³-hybridized carbons (Fsp3) is 0.455. The number of morpholine rings is 1. The van der Waals surface area contributed by atoms with Gasteiger partial charge in [0.1, 0.15) is 18.5 Å². The standard InChI is InChI=1S/C22H29N3O4/c1-22(2,3)17-4-10-20(11-5-17)29-14-12-23-21-16-28-15-13-24(21)18-6-8-19(9-7-18)25(26)27/h4-11,21,23H,12-16H2,1-3H3. The van der Waals surface area contributed by atoms with E-state index >= 15 is 0 Å². The molecule has 1 atom stereocenters. The van der Waals surface area contributed by atoms with Gasteiger partial charge in [-0.05, 0) is 35.2 Å². The van der Waals surface area contributed by atoms with Gasteiger partial charge in [-0.3, -0.25) is 15.4 Å². The van der Waals surface area contributed by atoms with Gasteiger partial charge in [0.15, 0.2) is 0 Å². The van der Waals surface area contributed by atoms with E-state index in [9.17, 15) is 10.1 Å². The van der Waals surface area contributed by atoms with E-state index < -0.39 is 0 Å². The molecule has 2 aromatic carbocycles. The van der Waals surface area contributed by atoms with E-state index in [2.05, 4.69) is 43.1 Å². The van der Waals surface area contributed by atoms with E-state index in [1.807, 2.05) is 12.1 Å². The van der Waals surface area contributed by atoms with Gasteiger partial charge in [0.05, 0.1) is 18.1 Å². The maximum absolute atomic E-state index is 10.9. The number of anilines is 1. The summed E-state index contributed by atoms with van der Waals surface area (Å²) in [7, 11) is 0. The number of nitro benzene ring substituents is 1. The fourth-order valence-electron chi connectivity index (χ4n) is 3.29. The maximum Gasteiger partial charge on any atom is 0.269 e. The average Bonchev–Trinajstić information content (AvgIpc) is 2.71. The van der Waals surface area contributed by atoms with Gasteiger partial charge in [-0.15, -0.1) is 0 Å². The third kappa shape index (κ3) is 5.68. The van der Waals surface area contributed by atoms with Gasteiger partial charge in [-0.2, -0.15) is 0 Å². The third-order valence-corrected chi connectivity index (χ3v) is 4.99. The molecule has 29 heavy (non-hydrogen) atoms. The fourth-order valence-corrected chi connectivity index (χ4v) is 3.29. The Morgan fingerprint density at radius 1 is 1.17 bits per heavy atom. The molecular weight excluding hydrogens is 370 g/mol. The van der Waals surface area contributed by atoms with Crippen LogP contribution in [0, 0.1) is 10.1 Å². The van der Waals surface area contributed by atoms with E-state index in [4.69, 9.17) is 9.47 Å². The van der Waals surface area contributed by atoms with Crippen LogP contribution in [0.5, 0.6) is 5.75 Å². The number of nitrogens with zero attached hydrogens (tertiary/aromatic N) is 2. The zero-order valence-electron chi connectivity index (χ0n) is 17.3. The summed E-state index contributed by atoms with van der Waals surface area (Å²) in [5.74, 6) is 0.854. The third-order valence-electron chi connectivity index (χ3n) is 4.99. The second-order valence-electron chi connectivity index (χ2n) is 8.13. The number of hydrogen-bond donors (Lipinski definition) is 1. The summed E-state index contributed by atoms with van der Waals surface area (Å²) in [5, 5.41) is 14.3. The predicted octanol–water partition coefficient (Wildman–Crippen LogP) is 3.72. The van der Waals surface area contributed by atoms with Gasteiger partial charge in [-0.25, -0.2) is 0 Å². The zero-order valence-corrected chi connectivity index (χ0v) is 17.3. The Balaban J connectivity index is 1.51. The molecule has 1 saturated heterocycles. The van der Waals surface area contributed by atoms with E-state index in [1.54, 1.807) is 12.1 Å². The molecule has 0 spiro atoms. The molecule has 2 aromatic rings. The summed E-state index contributed by atoms with van der Waals surface area (Å²) in [4.78, 5) is 12.6. The lowest BCUT2D eigenvalue weighted by Gasteiger charge is -2.37. The summed E-state index contributed by atoms with van der Waals surface area (Å²) in [6.07, 6.45) is -0.00271. The number of ether oxygens (including phenoxy) is 2. The molecule has 1 aliphatic heterocycles. The number of rotatable bonds is 7. The van der Waals surface area contributed by atoms with E-state index in [0.717, 1.165) is 18.0 Å². The SMILES string of the molecule is CC(C)(C)c1ccc(OCCNC2COCCN2c2ccc([N+](=O)[O-])cc2)cc1. The van der Waals surface area contributed by atoms with Crippen LogP contribution < -0.4 is 15.0 Å². The zero-order chi connectivity index (χ0) is 20.9. The second-order valence-corrected chi connectivity index (χ2v) is 8.13. The topological polar surface area (TPSA) is 76.9 Å². The molecule has 1 heterocycles. The number of nitrogens with one attached hydrogen (secondary N) is 1. The van der Waals surface area contributed by atoms with Crippen LogP contribution in [0.3, 0.4) is 0 Å². The molecule has 1 unspecified atom stereocenters. The molecule has 0 aromatic heterocycles. The van der Waals surface area contributed by atoms with Crippen molar-refractivity contribution in [3.8, 4) is 5.75 Å². The molecule has 7 nitrogen and oxygen atoms in total. The lowest BCUT2D eigenvalue weighted by atomic mass is 9.87. The summed E-state index contributed by atoms with van der Waals surface area (Å²) in [6.45, 7) is 9.69. The number of nitro groups is 1. The van der Waals surface area contributed by atoms with Crippen molar-refractivity contribution in [3.05, 3.63) is 64.2 Å². The molecule has 3 rings (SSSR count). The monoisotopic (exact) mass is 399 g/mol. The summed E-state index contributed by atoms with van der Waals surface area (Å²) < 4.78 is 11.5. The lowest BCUT2D eigenvalue weighted by Crippen LogP contribution is -2.54. The molecule has 1 fully saturated rings. The van der Waals surface area contributed by atoms with Gasteiger partial charge in [0, 0.05) is 30.9 Å². The highest BCUT2D eigenvalue weighted by molar-refractivity contribution is 5.51. The Labute approximate surface area is 171 Å². The molecule has 156 valence electrons. The molecule has 0 aliphatic carbocycles. The van der Waals surface area contributed by atoms with E-state index in [-0.39, 0.29) is 22.2 Å². The van der Waals surface area contributed by atoms with Crippen LogP contribution in [0.15, 0.2) is 48.5 Å². The second kappa shape index (κ2) is 9.24. The normalized spacial score (nSPS) is 17.2. The molecule has 0 saturated carbocycles. The Bertz CT molecular complexity index is 800. The van der Waals surface area contributed by atoms with Crippen molar-refractivity contribution in [2.24, 2.45) is 0 Å². The molecule has 0 bridgehead atoms. The minimum atomic E-state index is -0.385. The van der Waals surface area contributed by atoms with Crippen molar-refractivity contribution in [2.45, 2.75) is 32.4 Å². The first kappa shape index (κ1) is 21.1. The highest BCUT2D eigenvalue weighted by atomic mass is 16.6. The molecular formula is C22H29N3O4. The molecule has 1 N–H and O–H groups in total. The predicted molar refractivity (Wildman–Crippen MR) is 114 cm³/mol. The van der Waals surface area contributed by atoms with Crippen molar-refractivity contribution in [2.75, 3.05) is 37.8 Å². The van der Waals surface area contributed by atoms with Crippen molar-refractivity contribution < 1.29 is 14.4 Å². The minimum Gasteiger partial charge on any atom is -0.492 e. The van der Waals surface area contributed by atoms with Crippen LogP contribution in [0.2, 0.25) is 0 Å². The quantitative estimate of drug-likeness (QED) is 0.434. The van der Waals surface area contributed by atoms with Gasteiger partial charge in [0.25, 0.3) is 5.69 Å². The Morgan fingerprint density at radius 3 is 2.48 bits per heavy atom. The maximum atomic E-state index is 10.9. The first-order valence-corrected chi connectivity index (χ1v) is 9.90. The first-order valence-electron chi connectivity index (χ1n) is 9.90. The summed E-state index contributed by atoms with van der Waals surface area (Å²) >= 11 is 0. The number of non-ortho nitro benzene ring substituents is 1. The van der Waals surface area contributed by atoms with Gasteiger partial charge >= 0.3 is 0 Å². The van der Waals surface area contributed by atoms with E-state index in [1.165, 1.54) is 17.7 Å². The summed E-state index contributed by atoms with van der Waals surface area (Å²) in [6, 6.07) is 14.9. The Kier molecular flexibility index (Phi) is 6.71. The summed E-state index contributed by atoms with van der Waals surface area (Å²) in [5.41, 5.74) is 2.44. The molecule has 0 amide bonds.